The molecule has 20 heavy (non-hydrogen) atoms. The predicted molar refractivity (Wildman–Crippen MR) is 80.7 cm³/mol. The summed E-state index contributed by atoms with van der Waals surface area (Å²) in [6.45, 7) is 5.01. The molecule has 1 fully saturated rings. The molecule has 0 spiro atoms. The van der Waals surface area contributed by atoms with Crippen molar-refractivity contribution in [1.29, 1.82) is 0 Å². The Morgan fingerprint density at radius 1 is 1.40 bits per heavy atom. The number of carbonyl (C=O) groups excluding carboxylic acids is 1. The van der Waals surface area contributed by atoms with Gasteiger partial charge in [0.1, 0.15) is 0 Å². The van der Waals surface area contributed by atoms with Crippen LogP contribution in [0.25, 0.3) is 10.9 Å². The van der Waals surface area contributed by atoms with Gasteiger partial charge in [-0.1, -0.05) is 6.07 Å². The number of hydrogen-bond acceptors (Lipinski definition) is 3. The lowest BCUT2D eigenvalue weighted by Crippen LogP contribution is -2.32. The molecule has 104 valence electrons. The van der Waals surface area contributed by atoms with Crippen LogP contribution in [0, 0.1) is 12.8 Å². The van der Waals surface area contributed by atoms with Gasteiger partial charge in [-0.05, 0) is 50.6 Å². The highest BCUT2D eigenvalue weighted by molar-refractivity contribution is 6.02. The lowest BCUT2D eigenvalue weighted by Gasteiger charge is -2.16. The molecular formula is C16H19N3O. The van der Waals surface area contributed by atoms with Crippen LogP contribution in [-0.4, -0.2) is 23.5 Å². The summed E-state index contributed by atoms with van der Waals surface area (Å²) in [5, 5.41) is 7.37. The van der Waals surface area contributed by atoms with E-state index in [2.05, 4.69) is 22.5 Å². The van der Waals surface area contributed by atoms with Gasteiger partial charge in [-0.15, -0.1) is 0 Å². The SMILES string of the molecule is Cc1ccc(NC(=O)C2CCNC2C)c2cccnc12. The van der Waals surface area contributed by atoms with Crippen LogP contribution >= 0.6 is 0 Å². The van der Waals surface area contributed by atoms with Crippen LogP contribution in [0.3, 0.4) is 0 Å². The first-order valence-corrected chi connectivity index (χ1v) is 7.05. The molecule has 1 aliphatic heterocycles. The van der Waals surface area contributed by atoms with E-state index in [4.69, 9.17) is 0 Å². The Morgan fingerprint density at radius 3 is 3.00 bits per heavy atom. The standard InChI is InChI=1S/C16H19N3O/c1-10-5-6-14(13-4-3-8-18-15(10)13)19-16(20)12-7-9-17-11(12)2/h3-6,8,11-12,17H,7,9H2,1-2H3,(H,19,20). The number of fused-ring (bicyclic) bond motifs is 1. The number of anilines is 1. The van der Waals surface area contributed by atoms with Gasteiger partial charge in [0.15, 0.2) is 0 Å². The molecule has 2 heterocycles. The molecule has 1 saturated heterocycles. The first kappa shape index (κ1) is 13.1. The number of pyridine rings is 1. The Morgan fingerprint density at radius 2 is 2.25 bits per heavy atom. The zero-order valence-corrected chi connectivity index (χ0v) is 11.8. The molecule has 2 N–H and O–H groups in total. The van der Waals surface area contributed by atoms with Crippen molar-refractivity contribution in [2.45, 2.75) is 26.3 Å². The highest BCUT2D eigenvalue weighted by Gasteiger charge is 2.29. The summed E-state index contributed by atoms with van der Waals surface area (Å²) in [5.74, 6) is 0.138. The van der Waals surface area contributed by atoms with E-state index >= 15 is 0 Å². The van der Waals surface area contributed by atoms with Crippen LogP contribution in [0.1, 0.15) is 18.9 Å². The molecule has 0 radical (unpaired) electrons. The van der Waals surface area contributed by atoms with Gasteiger partial charge in [-0.2, -0.15) is 0 Å². The maximum absolute atomic E-state index is 12.4. The normalized spacial score (nSPS) is 22.1. The fraction of sp³-hybridized carbons (Fsp3) is 0.375. The minimum Gasteiger partial charge on any atom is -0.325 e. The van der Waals surface area contributed by atoms with E-state index in [0.717, 1.165) is 35.1 Å². The van der Waals surface area contributed by atoms with Gasteiger partial charge in [-0.25, -0.2) is 0 Å². The maximum Gasteiger partial charge on any atom is 0.229 e. The van der Waals surface area contributed by atoms with Gasteiger partial charge in [0.05, 0.1) is 17.1 Å². The van der Waals surface area contributed by atoms with Crippen LogP contribution in [0.2, 0.25) is 0 Å². The molecule has 0 bridgehead atoms. The van der Waals surface area contributed by atoms with E-state index in [0.29, 0.717) is 0 Å². The number of nitrogens with one attached hydrogen (secondary N) is 2. The van der Waals surface area contributed by atoms with Crippen molar-refractivity contribution in [3.63, 3.8) is 0 Å². The van der Waals surface area contributed by atoms with Gasteiger partial charge < -0.3 is 10.6 Å². The van der Waals surface area contributed by atoms with E-state index in [1.165, 1.54) is 0 Å². The van der Waals surface area contributed by atoms with Crippen molar-refractivity contribution in [1.82, 2.24) is 10.3 Å². The van der Waals surface area contributed by atoms with E-state index in [1.54, 1.807) is 6.20 Å². The van der Waals surface area contributed by atoms with Crippen molar-refractivity contribution < 1.29 is 4.79 Å². The van der Waals surface area contributed by atoms with Gasteiger partial charge in [0.2, 0.25) is 5.91 Å². The number of amides is 1. The maximum atomic E-state index is 12.4. The number of aromatic nitrogens is 1. The summed E-state index contributed by atoms with van der Waals surface area (Å²) in [6, 6.07) is 8.11. The third kappa shape index (κ3) is 2.27. The molecule has 1 aromatic heterocycles. The average molecular weight is 269 g/mol. The second-order valence-electron chi connectivity index (χ2n) is 5.46. The zero-order valence-electron chi connectivity index (χ0n) is 11.8. The first-order chi connectivity index (χ1) is 9.66. The number of hydrogen-bond donors (Lipinski definition) is 2. The van der Waals surface area contributed by atoms with Crippen molar-refractivity contribution in [2.75, 3.05) is 11.9 Å². The fourth-order valence-electron chi connectivity index (χ4n) is 2.87. The topological polar surface area (TPSA) is 54.0 Å². The third-order valence-corrected chi connectivity index (χ3v) is 4.09. The number of rotatable bonds is 2. The van der Waals surface area contributed by atoms with E-state index in [9.17, 15) is 4.79 Å². The monoisotopic (exact) mass is 269 g/mol. The van der Waals surface area contributed by atoms with Crippen LogP contribution in [0.4, 0.5) is 5.69 Å². The van der Waals surface area contributed by atoms with Crippen LogP contribution in [0.15, 0.2) is 30.5 Å². The van der Waals surface area contributed by atoms with Crippen molar-refractivity contribution in [3.05, 3.63) is 36.0 Å². The Bertz CT molecular complexity index is 653. The highest BCUT2D eigenvalue weighted by atomic mass is 16.1. The molecular weight excluding hydrogens is 250 g/mol. The summed E-state index contributed by atoms with van der Waals surface area (Å²) in [4.78, 5) is 16.8. The molecule has 2 unspecified atom stereocenters. The Balaban J connectivity index is 1.91. The smallest absolute Gasteiger partial charge is 0.229 e. The minimum atomic E-state index is 0.0445. The van der Waals surface area contributed by atoms with Gasteiger partial charge in [-0.3, -0.25) is 9.78 Å². The van der Waals surface area contributed by atoms with Crippen molar-refractivity contribution in [3.8, 4) is 0 Å². The summed E-state index contributed by atoms with van der Waals surface area (Å²) in [7, 11) is 0. The number of carbonyl (C=O) groups is 1. The molecule has 2 atom stereocenters. The quantitative estimate of drug-likeness (QED) is 0.880. The van der Waals surface area contributed by atoms with Crippen LogP contribution in [-0.2, 0) is 4.79 Å². The summed E-state index contributed by atoms with van der Waals surface area (Å²) >= 11 is 0. The summed E-state index contributed by atoms with van der Waals surface area (Å²) in [5.41, 5.74) is 2.92. The molecule has 4 nitrogen and oxygen atoms in total. The zero-order chi connectivity index (χ0) is 14.1. The largest absolute Gasteiger partial charge is 0.325 e. The molecule has 1 aromatic carbocycles. The number of benzene rings is 1. The molecule has 2 aromatic rings. The van der Waals surface area contributed by atoms with Crippen LogP contribution < -0.4 is 10.6 Å². The number of nitrogens with zero attached hydrogens (tertiary/aromatic N) is 1. The molecule has 1 aliphatic rings. The Labute approximate surface area is 118 Å². The Kier molecular flexibility index (Phi) is 3.40. The lowest BCUT2D eigenvalue weighted by atomic mass is 10.0. The third-order valence-electron chi connectivity index (χ3n) is 4.09. The summed E-state index contributed by atoms with van der Waals surface area (Å²) < 4.78 is 0. The van der Waals surface area contributed by atoms with E-state index in [-0.39, 0.29) is 17.9 Å². The van der Waals surface area contributed by atoms with Gasteiger partial charge in [0.25, 0.3) is 0 Å². The van der Waals surface area contributed by atoms with Gasteiger partial charge >= 0.3 is 0 Å². The second-order valence-corrected chi connectivity index (χ2v) is 5.46. The lowest BCUT2D eigenvalue weighted by molar-refractivity contribution is -0.119. The summed E-state index contributed by atoms with van der Waals surface area (Å²) in [6.07, 6.45) is 2.68. The highest BCUT2D eigenvalue weighted by Crippen LogP contribution is 2.26. The second kappa shape index (κ2) is 5.21. The van der Waals surface area contributed by atoms with Crippen LogP contribution in [0.5, 0.6) is 0 Å². The molecule has 4 heteroatoms. The van der Waals surface area contributed by atoms with Crippen molar-refractivity contribution >= 4 is 22.5 Å². The minimum absolute atomic E-state index is 0.0445. The molecule has 3 rings (SSSR count). The van der Waals surface area contributed by atoms with Gasteiger partial charge in [0, 0.05) is 17.6 Å². The van der Waals surface area contributed by atoms with Crippen molar-refractivity contribution in [2.24, 2.45) is 5.92 Å². The van der Waals surface area contributed by atoms with E-state index < -0.39 is 0 Å². The predicted octanol–water partition coefficient (Wildman–Crippen LogP) is 2.48. The average Bonchev–Trinajstić information content (AvgIpc) is 2.88. The first-order valence-electron chi connectivity index (χ1n) is 7.05. The molecule has 0 aliphatic carbocycles. The molecule has 1 amide bonds. The number of aryl methyl sites for hydroxylation is 1. The van der Waals surface area contributed by atoms with E-state index in [1.807, 2.05) is 31.2 Å². The molecule has 0 saturated carbocycles. The fourth-order valence-corrected chi connectivity index (χ4v) is 2.87. The Hall–Kier alpha value is -1.94.